The molecule has 0 aromatic heterocycles. The Balaban J connectivity index is 1.71. The van der Waals surface area contributed by atoms with Crippen molar-refractivity contribution in [2.45, 2.75) is 82.1 Å². The van der Waals surface area contributed by atoms with Crippen molar-refractivity contribution in [3.8, 4) is 0 Å². The maximum atomic E-state index is 13.2. The molecule has 0 heterocycles. The first-order valence-corrected chi connectivity index (χ1v) is 15.3. The summed E-state index contributed by atoms with van der Waals surface area (Å²) in [6.07, 6.45) is 8.73. The van der Waals surface area contributed by atoms with Crippen molar-refractivity contribution in [2.75, 3.05) is 0 Å². The van der Waals surface area contributed by atoms with Gasteiger partial charge in [0.2, 0.25) is 10.0 Å². The number of carboxylic acid groups (broad SMARTS) is 1. The molecule has 0 aliphatic rings. The number of rotatable bonds is 16. The van der Waals surface area contributed by atoms with E-state index in [0.29, 0.717) is 24.3 Å². The van der Waals surface area contributed by atoms with Gasteiger partial charge in [-0.1, -0.05) is 86.3 Å². The van der Waals surface area contributed by atoms with Crippen molar-refractivity contribution in [3.63, 3.8) is 0 Å². The zero-order valence-electron chi connectivity index (χ0n) is 22.0. The molecule has 0 spiro atoms. The molecular weight excluding hydrogens is 518 g/mol. The van der Waals surface area contributed by atoms with Crippen LogP contribution < -0.4 is 4.72 Å². The van der Waals surface area contributed by atoms with Gasteiger partial charge in [-0.2, -0.15) is 0 Å². The van der Waals surface area contributed by atoms with Crippen LogP contribution in [-0.4, -0.2) is 19.5 Å². The molecule has 0 bridgehead atoms. The molecule has 1 unspecified atom stereocenters. The molecule has 7 heteroatoms. The lowest BCUT2D eigenvalue weighted by atomic mass is 9.97. The van der Waals surface area contributed by atoms with Crippen LogP contribution in [0, 0.1) is 0 Å². The van der Waals surface area contributed by atoms with E-state index in [-0.39, 0.29) is 11.3 Å². The number of aliphatic carboxylic acids is 1. The summed E-state index contributed by atoms with van der Waals surface area (Å²) in [7, 11) is -3.76. The lowest BCUT2D eigenvalue weighted by molar-refractivity contribution is -0.137. The minimum atomic E-state index is -3.76. The van der Waals surface area contributed by atoms with Crippen molar-refractivity contribution >= 4 is 27.6 Å². The van der Waals surface area contributed by atoms with Crippen LogP contribution in [0.25, 0.3) is 0 Å². The average Bonchev–Trinajstić information content (AvgIpc) is 2.90. The van der Waals surface area contributed by atoms with Gasteiger partial charge >= 0.3 is 5.97 Å². The number of hydrogen-bond donors (Lipinski definition) is 2. The molecule has 0 aliphatic carbocycles. The Hall–Kier alpha value is -2.67. The predicted molar refractivity (Wildman–Crippen MR) is 154 cm³/mol. The molecule has 0 radical (unpaired) electrons. The van der Waals surface area contributed by atoms with Gasteiger partial charge in [-0.15, -0.1) is 0 Å². The molecule has 3 aromatic rings. The van der Waals surface area contributed by atoms with Crippen LogP contribution in [0.4, 0.5) is 0 Å². The fraction of sp³-hybridized carbons (Fsp3) is 0.387. The summed E-state index contributed by atoms with van der Waals surface area (Å²) in [5.74, 6) is -0.803. The van der Waals surface area contributed by atoms with Crippen molar-refractivity contribution < 1.29 is 18.3 Å². The number of sulfonamides is 1. The van der Waals surface area contributed by atoms with E-state index in [2.05, 4.69) is 35.9 Å². The summed E-state index contributed by atoms with van der Waals surface area (Å²) < 4.78 is 29.3. The summed E-state index contributed by atoms with van der Waals surface area (Å²) in [4.78, 5) is 11.0. The Labute approximate surface area is 232 Å². The summed E-state index contributed by atoms with van der Waals surface area (Å²) in [6.45, 7) is 2.22. The Morgan fingerprint density at radius 1 is 0.789 bits per heavy atom. The smallest absolute Gasteiger partial charge is 0.303 e. The van der Waals surface area contributed by atoms with Crippen LogP contribution in [0.5, 0.6) is 0 Å². The largest absolute Gasteiger partial charge is 0.481 e. The molecule has 0 saturated carbocycles. The van der Waals surface area contributed by atoms with E-state index in [1.54, 1.807) is 12.1 Å². The van der Waals surface area contributed by atoms with Gasteiger partial charge in [0, 0.05) is 17.5 Å². The number of benzene rings is 3. The van der Waals surface area contributed by atoms with E-state index in [4.69, 9.17) is 16.7 Å². The van der Waals surface area contributed by atoms with Gasteiger partial charge in [0.05, 0.1) is 4.90 Å². The minimum absolute atomic E-state index is 0.128. The number of carbonyl (C=O) groups is 1. The number of carboxylic acids is 1. The van der Waals surface area contributed by atoms with E-state index in [9.17, 15) is 13.2 Å². The molecule has 204 valence electrons. The van der Waals surface area contributed by atoms with Crippen molar-refractivity contribution in [3.05, 3.63) is 100 Å². The minimum Gasteiger partial charge on any atom is -0.481 e. The molecule has 5 nitrogen and oxygen atoms in total. The Morgan fingerprint density at radius 3 is 1.92 bits per heavy atom. The molecule has 3 aromatic carbocycles. The molecule has 0 saturated heterocycles. The van der Waals surface area contributed by atoms with Gasteiger partial charge < -0.3 is 5.11 Å². The van der Waals surface area contributed by atoms with Crippen LogP contribution in [0.3, 0.4) is 0 Å². The highest BCUT2D eigenvalue weighted by molar-refractivity contribution is 7.89. The maximum Gasteiger partial charge on any atom is 0.303 e. The summed E-state index contributed by atoms with van der Waals surface area (Å²) in [5.41, 5.74) is 4.41. The number of hydrogen-bond acceptors (Lipinski definition) is 3. The maximum absolute atomic E-state index is 13.2. The highest BCUT2D eigenvalue weighted by Gasteiger charge is 2.21. The van der Waals surface area contributed by atoms with E-state index in [1.165, 1.54) is 48.9 Å². The molecule has 2 N–H and O–H groups in total. The van der Waals surface area contributed by atoms with Gasteiger partial charge in [0.15, 0.2) is 0 Å². The quantitative estimate of drug-likeness (QED) is 0.179. The van der Waals surface area contributed by atoms with Gasteiger partial charge in [-0.05, 0) is 85.0 Å². The van der Waals surface area contributed by atoms with Crippen LogP contribution in [0.2, 0.25) is 5.02 Å². The lowest BCUT2D eigenvalue weighted by Crippen LogP contribution is -2.29. The Morgan fingerprint density at radius 2 is 1.34 bits per heavy atom. The van der Waals surface area contributed by atoms with E-state index in [0.717, 1.165) is 24.0 Å². The molecule has 1 atom stereocenters. The number of halogens is 1. The van der Waals surface area contributed by atoms with Gasteiger partial charge in [0.25, 0.3) is 0 Å². The Bertz CT molecular complexity index is 1240. The summed E-state index contributed by atoms with van der Waals surface area (Å²) in [6, 6.07) is 22.2. The SMILES string of the molecule is CCCCCCc1ccc(CCC(NS(=O)(=O)c2ccc(Cl)cc2)c2ccc(CCCC(=O)O)cc2)cc1. The third kappa shape index (κ3) is 9.90. The van der Waals surface area contributed by atoms with Crippen molar-refractivity contribution in [1.29, 1.82) is 0 Å². The van der Waals surface area contributed by atoms with Gasteiger partial charge in [0.1, 0.15) is 0 Å². The number of aryl methyl sites for hydroxylation is 3. The summed E-state index contributed by atoms with van der Waals surface area (Å²) in [5, 5.41) is 9.36. The first kappa shape index (κ1) is 29.9. The highest BCUT2D eigenvalue weighted by atomic mass is 35.5. The zero-order chi connectivity index (χ0) is 27.4. The number of unbranched alkanes of at least 4 members (excludes halogenated alkanes) is 3. The first-order valence-electron chi connectivity index (χ1n) is 13.4. The first-order chi connectivity index (χ1) is 18.3. The van der Waals surface area contributed by atoms with Crippen LogP contribution in [0.15, 0.2) is 77.7 Å². The van der Waals surface area contributed by atoms with E-state index >= 15 is 0 Å². The van der Waals surface area contributed by atoms with Gasteiger partial charge in [-0.3, -0.25) is 4.79 Å². The normalized spacial score (nSPS) is 12.4. The van der Waals surface area contributed by atoms with E-state index < -0.39 is 22.0 Å². The third-order valence-corrected chi connectivity index (χ3v) is 8.46. The lowest BCUT2D eigenvalue weighted by Gasteiger charge is -2.20. The molecule has 0 fully saturated rings. The van der Waals surface area contributed by atoms with Crippen molar-refractivity contribution in [1.82, 2.24) is 4.72 Å². The van der Waals surface area contributed by atoms with Gasteiger partial charge in [-0.25, -0.2) is 13.1 Å². The second-order valence-electron chi connectivity index (χ2n) is 9.78. The number of nitrogens with one attached hydrogen (secondary N) is 1. The molecule has 0 amide bonds. The van der Waals surface area contributed by atoms with Crippen LogP contribution >= 0.6 is 11.6 Å². The second kappa shape index (κ2) is 15.1. The van der Waals surface area contributed by atoms with Crippen LogP contribution in [0.1, 0.15) is 80.2 Å². The van der Waals surface area contributed by atoms with Crippen LogP contribution in [-0.2, 0) is 34.1 Å². The standard InChI is InChI=1S/C31H38ClNO4S/c1-2-3-4-5-7-24-10-12-26(13-11-24)16-23-30(33-38(36,37)29-21-19-28(32)20-22-29)27-17-14-25(15-18-27)8-6-9-31(34)35/h10-15,17-22,30,33H,2-9,16,23H2,1H3,(H,34,35). The monoisotopic (exact) mass is 555 g/mol. The van der Waals surface area contributed by atoms with E-state index in [1.807, 2.05) is 24.3 Å². The highest BCUT2D eigenvalue weighted by Crippen LogP contribution is 2.24. The third-order valence-electron chi connectivity index (χ3n) is 6.72. The zero-order valence-corrected chi connectivity index (χ0v) is 23.6. The Kier molecular flexibility index (Phi) is 11.8. The topological polar surface area (TPSA) is 83.5 Å². The summed E-state index contributed by atoms with van der Waals surface area (Å²) >= 11 is 5.95. The molecule has 3 rings (SSSR count). The second-order valence-corrected chi connectivity index (χ2v) is 11.9. The molecular formula is C31H38ClNO4S. The fourth-order valence-electron chi connectivity index (χ4n) is 4.46. The molecule has 0 aliphatic heterocycles. The molecule has 38 heavy (non-hydrogen) atoms. The van der Waals surface area contributed by atoms with Crippen molar-refractivity contribution in [2.24, 2.45) is 0 Å². The average molecular weight is 556 g/mol. The predicted octanol–water partition coefficient (Wildman–Crippen LogP) is 7.52. The fourth-order valence-corrected chi connectivity index (χ4v) is 5.85.